The fourth-order valence-electron chi connectivity index (χ4n) is 8.51. The Morgan fingerprint density at radius 1 is 0.484 bits per heavy atom. The summed E-state index contributed by atoms with van der Waals surface area (Å²) in [5.41, 5.74) is 17.9. The molecule has 3 aromatic heterocycles. The summed E-state index contributed by atoms with van der Waals surface area (Å²) in [5.74, 6) is -0.392. The zero-order valence-electron chi connectivity index (χ0n) is 39.8. The molecule has 0 saturated carbocycles. The fourth-order valence-corrected chi connectivity index (χ4v) is 8.51. The molecule has 3 aromatic carbocycles. The number of nitrogens with one attached hydrogen (secondary N) is 2. The van der Waals surface area contributed by atoms with Gasteiger partial charge in [0.15, 0.2) is 0 Å². The van der Waals surface area contributed by atoms with E-state index in [2.05, 4.69) is 166 Å². The van der Waals surface area contributed by atoms with Crippen LogP contribution in [-0.4, -0.2) is 38.1 Å². The summed E-state index contributed by atoms with van der Waals surface area (Å²) in [6.45, 7) is 26.8. The van der Waals surface area contributed by atoms with Gasteiger partial charge in [0.05, 0.1) is 42.1 Å². The number of ether oxygens (including phenoxy) is 1. The molecule has 8 rings (SSSR count). The molecule has 0 saturated heterocycles. The van der Waals surface area contributed by atoms with E-state index in [1.807, 2.05) is 24.3 Å². The third kappa shape index (κ3) is 8.54. The number of hydrogen-bond acceptors (Lipinski definition) is 5. The van der Waals surface area contributed by atoms with Crippen LogP contribution in [0.1, 0.15) is 144 Å². The Bertz CT molecular complexity index is 2920. The molecule has 0 aliphatic carbocycles. The second-order valence-electron chi connectivity index (χ2n) is 21.4. The van der Waals surface area contributed by atoms with Crippen molar-refractivity contribution in [3.63, 3.8) is 0 Å². The van der Waals surface area contributed by atoms with Gasteiger partial charge in [-0.3, -0.25) is 0 Å². The average molecular weight is 851 g/mol. The normalized spacial score (nSPS) is 13.2. The van der Waals surface area contributed by atoms with Gasteiger partial charge in [0.1, 0.15) is 0 Å². The van der Waals surface area contributed by atoms with E-state index in [0.717, 1.165) is 72.5 Å². The lowest BCUT2D eigenvalue weighted by Crippen LogP contribution is -2.16. The van der Waals surface area contributed by atoms with Gasteiger partial charge < -0.3 is 19.8 Å². The number of hydrogen-bond donors (Lipinski definition) is 3. The second-order valence-corrected chi connectivity index (χ2v) is 21.4. The quantitative estimate of drug-likeness (QED) is 0.150. The Labute approximate surface area is 378 Å². The number of fused-ring (bicyclic) bond motifs is 8. The number of rotatable bonds is 5. The van der Waals surface area contributed by atoms with Crippen LogP contribution in [0.25, 0.3) is 79.8 Å². The first-order valence-electron chi connectivity index (χ1n) is 22.3. The van der Waals surface area contributed by atoms with E-state index >= 15 is 0 Å². The molecule has 328 valence electrons. The topological polar surface area (TPSA) is 104 Å². The highest BCUT2D eigenvalue weighted by atomic mass is 16.5. The summed E-state index contributed by atoms with van der Waals surface area (Å²) < 4.78 is 5.07. The molecule has 0 amide bonds. The molecule has 2 aliphatic heterocycles. The number of carbonyl (C=O) groups excluding carboxylic acids is 1. The number of aliphatic hydroxyl groups excluding tert-OH is 1. The van der Waals surface area contributed by atoms with Gasteiger partial charge in [-0.2, -0.15) is 0 Å². The number of aliphatic hydroxyl groups is 1. The summed E-state index contributed by atoms with van der Waals surface area (Å²) in [6, 6.07) is 29.8. The van der Waals surface area contributed by atoms with E-state index in [1.165, 1.54) is 29.4 Å². The van der Waals surface area contributed by atoms with Crippen LogP contribution >= 0.6 is 0 Å². The number of esters is 1. The van der Waals surface area contributed by atoms with E-state index in [9.17, 15) is 9.90 Å². The van der Waals surface area contributed by atoms with Crippen molar-refractivity contribution in [2.75, 3.05) is 7.11 Å². The van der Waals surface area contributed by atoms with Crippen molar-refractivity contribution < 1.29 is 14.6 Å². The Hall–Kier alpha value is -6.31. The summed E-state index contributed by atoms with van der Waals surface area (Å²) in [7, 11) is 1.40. The monoisotopic (exact) mass is 850 g/mol. The number of H-pyrrole nitrogens is 2. The van der Waals surface area contributed by atoms with Gasteiger partial charge in [0.25, 0.3) is 0 Å². The van der Waals surface area contributed by atoms with E-state index in [0.29, 0.717) is 16.8 Å². The summed E-state index contributed by atoms with van der Waals surface area (Å²) in [4.78, 5) is 31.1. The molecule has 0 fully saturated rings. The lowest BCUT2D eigenvalue weighted by atomic mass is 9.78. The van der Waals surface area contributed by atoms with E-state index < -0.39 is 5.97 Å². The molecular weight excluding hydrogens is 789 g/mol. The Morgan fingerprint density at radius 2 is 0.828 bits per heavy atom. The first-order chi connectivity index (χ1) is 30.0. The highest BCUT2D eigenvalue weighted by Crippen LogP contribution is 2.41. The predicted octanol–water partition coefficient (Wildman–Crippen LogP) is 14.1. The van der Waals surface area contributed by atoms with Crippen LogP contribution < -0.4 is 0 Å². The molecule has 0 atom stereocenters. The van der Waals surface area contributed by atoms with Gasteiger partial charge in [-0.15, -0.1) is 0 Å². The molecule has 6 aromatic rings. The van der Waals surface area contributed by atoms with E-state index in [-0.39, 0.29) is 28.3 Å². The van der Waals surface area contributed by atoms with Crippen LogP contribution in [0, 0.1) is 0 Å². The SMILES string of the molecule is COC(=O)c1ccc(-c2c3nc(c(-c4cc(C(C)(C)C)cc(C(C)(C)C)c4)c4ccc([nH]4)c(CO)c4nc(c(-c5cc(C(C)(C)C)cc(C(C)(C)C)c5)c5ccc2[nH]5)C=C4)C=C3)cc1. The predicted molar refractivity (Wildman–Crippen MR) is 267 cm³/mol. The third-order valence-electron chi connectivity index (χ3n) is 12.5. The molecule has 7 nitrogen and oxygen atoms in total. The lowest BCUT2D eigenvalue weighted by Gasteiger charge is -2.26. The molecule has 0 unspecified atom stereocenters. The first kappa shape index (κ1) is 44.3. The minimum atomic E-state index is -0.392. The molecule has 64 heavy (non-hydrogen) atoms. The fraction of sp³-hybridized carbons (Fsp3) is 0.316. The zero-order chi connectivity index (χ0) is 46.1. The molecule has 2 aliphatic rings. The third-order valence-corrected chi connectivity index (χ3v) is 12.5. The zero-order valence-corrected chi connectivity index (χ0v) is 39.8. The molecule has 8 bridgehead atoms. The molecular formula is C57H62N4O3. The summed E-state index contributed by atoms with van der Waals surface area (Å²) in [6.07, 6.45) is 8.26. The molecule has 3 N–H and O–H groups in total. The van der Waals surface area contributed by atoms with Gasteiger partial charge in [-0.25, -0.2) is 14.8 Å². The number of methoxy groups -OCH3 is 1. The van der Waals surface area contributed by atoms with Crippen LogP contribution in [0.5, 0.6) is 0 Å². The van der Waals surface area contributed by atoms with Crippen molar-refractivity contribution in [1.82, 2.24) is 19.9 Å². The molecule has 0 radical (unpaired) electrons. The molecule has 5 heterocycles. The Morgan fingerprint density at radius 3 is 1.20 bits per heavy atom. The van der Waals surface area contributed by atoms with Crippen molar-refractivity contribution in [3.05, 3.63) is 141 Å². The molecule has 7 heteroatoms. The lowest BCUT2D eigenvalue weighted by molar-refractivity contribution is 0.0600. The number of aromatic nitrogens is 4. The van der Waals surface area contributed by atoms with Crippen LogP contribution in [0.15, 0.2) is 84.9 Å². The van der Waals surface area contributed by atoms with Crippen molar-refractivity contribution in [2.45, 2.75) is 111 Å². The minimum Gasteiger partial charge on any atom is -0.465 e. The van der Waals surface area contributed by atoms with Gasteiger partial charge in [0.2, 0.25) is 0 Å². The minimum absolute atomic E-state index is 0.111. The summed E-state index contributed by atoms with van der Waals surface area (Å²) in [5, 5.41) is 11.1. The smallest absolute Gasteiger partial charge is 0.337 e. The number of aromatic amines is 2. The van der Waals surface area contributed by atoms with Gasteiger partial charge in [0, 0.05) is 44.3 Å². The van der Waals surface area contributed by atoms with Crippen LogP contribution in [0.4, 0.5) is 0 Å². The maximum Gasteiger partial charge on any atom is 0.337 e. The van der Waals surface area contributed by atoms with Crippen LogP contribution in [0.3, 0.4) is 0 Å². The van der Waals surface area contributed by atoms with Crippen molar-refractivity contribution in [1.29, 1.82) is 0 Å². The molecule has 0 spiro atoms. The Balaban J connectivity index is 1.55. The van der Waals surface area contributed by atoms with Gasteiger partial charge in [-0.1, -0.05) is 132 Å². The largest absolute Gasteiger partial charge is 0.465 e. The van der Waals surface area contributed by atoms with Gasteiger partial charge in [-0.05, 0) is 121 Å². The maximum atomic E-state index is 12.6. The maximum absolute atomic E-state index is 12.6. The second kappa shape index (κ2) is 16.0. The number of benzene rings is 3. The highest BCUT2D eigenvalue weighted by Gasteiger charge is 2.26. The average Bonchev–Trinajstić information content (AvgIpc) is 4.07. The van der Waals surface area contributed by atoms with Crippen molar-refractivity contribution >= 4 is 52.3 Å². The van der Waals surface area contributed by atoms with E-state index in [4.69, 9.17) is 14.7 Å². The number of nitrogens with zero attached hydrogens (tertiary/aromatic N) is 2. The number of carbonyl (C=O) groups is 1. The highest BCUT2D eigenvalue weighted by molar-refractivity contribution is 5.99. The van der Waals surface area contributed by atoms with Crippen LogP contribution in [-0.2, 0) is 33.0 Å². The van der Waals surface area contributed by atoms with Crippen molar-refractivity contribution in [2.24, 2.45) is 0 Å². The van der Waals surface area contributed by atoms with Gasteiger partial charge >= 0.3 is 5.97 Å². The Kier molecular flexibility index (Phi) is 11.1. The first-order valence-corrected chi connectivity index (χ1v) is 22.3. The van der Waals surface area contributed by atoms with E-state index in [1.54, 1.807) is 12.1 Å². The summed E-state index contributed by atoms with van der Waals surface area (Å²) >= 11 is 0. The standard InChI is InChI=1S/C57H62N4O3/c1-54(2,3)37-26-35(27-38(30-37)55(4,5)6)51-46-20-18-42(58-46)41(32-62)43-19-21-47(59-43)52(36-28-39(56(7,8)9)31-40(29-36)57(10,11)12)49-25-23-45(61-49)50(44-22-24-48(51)60-44)33-14-16-34(17-15-33)53(63)64-13/h14-31,58,61-62H,32H2,1-13H3. The van der Waals surface area contributed by atoms with Crippen molar-refractivity contribution in [3.8, 4) is 33.4 Å². The van der Waals surface area contributed by atoms with Crippen LogP contribution in [0.2, 0.25) is 0 Å².